The van der Waals surface area contributed by atoms with Crippen molar-refractivity contribution in [2.45, 2.75) is 30.7 Å². The molecule has 0 aliphatic heterocycles. The van der Waals surface area contributed by atoms with Crippen LogP contribution in [0.25, 0.3) is 0 Å². The lowest BCUT2D eigenvalue weighted by atomic mass is 10.1. The maximum Gasteiger partial charge on any atom is 0.248 e. The molecule has 7 nitrogen and oxygen atoms in total. The lowest BCUT2D eigenvalue weighted by Crippen LogP contribution is -2.45. The molecule has 0 aromatic heterocycles. The van der Waals surface area contributed by atoms with Crippen molar-refractivity contribution in [1.82, 2.24) is 10.0 Å². The van der Waals surface area contributed by atoms with Gasteiger partial charge in [-0.3, -0.25) is 9.59 Å². The number of hydrogen-bond donors (Lipinski definition) is 3. The van der Waals surface area contributed by atoms with Gasteiger partial charge in [0.2, 0.25) is 21.8 Å². The predicted molar refractivity (Wildman–Crippen MR) is 102 cm³/mol. The fourth-order valence-corrected chi connectivity index (χ4v) is 3.71. The van der Waals surface area contributed by atoms with Gasteiger partial charge in [-0.05, 0) is 61.7 Å². The molecule has 2 amide bonds. The van der Waals surface area contributed by atoms with Crippen LogP contribution >= 0.6 is 0 Å². The number of amides is 2. The van der Waals surface area contributed by atoms with Crippen molar-refractivity contribution in [2.75, 3.05) is 6.54 Å². The van der Waals surface area contributed by atoms with Crippen LogP contribution in [0.2, 0.25) is 0 Å². The van der Waals surface area contributed by atoms with E-state index in [0.717, 1.165) is 5.56 Å². The highest BCUT2D eigenvalue weighted by molar-refractivity contribution is 7.89. The van der Waals surface area contributed by atoms with E-state index in [0.29, 0.717) is 19.4 Å². The van der Waals surface area contributed by atoms with E-state index in [1.807, 2.05) is 0 Å². The van der Waals surface area contributed by atoms with Crippen LogP contribution in [0.15, 0.2) is 53.4 Å². The second-order valence-corrected chi connectivity index (χ2v) is 7.97. The topological polar surface area (TPSA) is 118 Å². The summed E-state index contributed by atoms with van der Waals surface area (Å²) >= 11 is 0. The number of aryl methyl sites for hydroxylation is 1. The van der Waals surface area contributed by atoms with Gasteiger partial charge in [0.25, 0.3) is 0 Å². The van der Waals surface area contributed by atoms with Gasteiger partial charge in [0.1, 0.15) is 5.82 Å². The molecule has 2 rings (SSSR count). The molecular formula is C19H22FN3O4S. The Morgan fingerprint density at radius 3 is 2.43 bits per heavy atom. The molecule has 0 spiro atoms. The molecule has 9 heteroatoms. The van der Waals surface area contributed by atoms with Gasteiger partial charge < -0.3 is 11.1 Å². The Kier molecular flexibility index (Phi) is 7.24. The number of nitrogens with one attached hydrogen (secondary N) is 2. The third-order valence-electron chi connectivity index (χ3n) is 4.00. The Hall–Kier alpha value is -2.78. The molecule has 0 radical (unpaired) electrons. The summed E-state index contributed by atoms with van der Waals surface area (Å²) in [5.41, 5.74) is 6.13. The summed E-state index contributed by atoms with van der Waals surface area (Å²) in [5.74, 6) is -1.45. The molecule has 0 aliphatic carbocycles. The van der Waals surface area contributed by atoms with Crippen molar-refractivity contribution in [3.8, 4) is 0 Å². The summed E-state index contributed by atoms with van der Waals surface area (Å²) in [4.78, 5) is 23.1. The number of carbonyl (C=O) groups is 2. The van der Waals surface area contributed by atoms with Gasteiger partial charge >= 0.3 is 0 Å². The van der Waals surface area contributed by atoms with E-state index < -0.39 is 27.9 Å². The van der Waals surface area contributed by atoms with Gasteiger partial charge in [-0.25, -0.2) is 12.8 Å². The number of rotatable bonds is 9. The van der Waals surface area contributed by atoms with Crippen molar-refractivity contribution in [3.63, 3.8) is 0 Å². The van der Waals surface area contributed by atoms with Crippen molar-refractivity contribution in [3.05, 3.63) is 65.5 Å². The maximum absolute atomic E-state index is 13.1. The number of carbonyl (C=O) groups excluding carboxylic acids is 2. The molecule has 0 unspecified atom stereocenters. The van der Waals surface area contributed by atoms with Crippen LogP contribution in [0.3, 0.4) is 0 Å². The summed E-state index contributed by atoms with van der Waals surface area (Å²) in [6.45, 7) is 1.76. The van der Waals surface area contributed by atoms with Crippen LogP contribution in [0.4, 0.5) is 4.39 Å². The molecule has 28 heavy (non-hydrogen) atoms. The molecular weight excluding hydrogens is 385 g/mol. The van der Waals surface area contributed by atoms with E-state index >= 15 is 0 Å². The van der Waals surface area contributed by atoms with Crippen LogP contribution in [0.5, 0.6) is 0 Å². The van der Waals surface area contributed by atoms with Crippen LogP contribution in [-0.4, -0.2) is 32.8 Å². The Balaban J connectivity index is 1.84. The number of benzene rings is 2. The van der Waals surface area contributed by atoms with Gasteiger partial charge in [0.15, 0.2) is 0 Å². The average Bonchev–Trinajstić information content (AvgIpc) is 2.64. The van der Waals surface area contributed by atoms with Crippen molar-refractivity contribution < 1.29 is 22.4 Å². The summed E-state index contributed by atoms with van der Waals surface area (Å²) in [7, 11) is -3.93. The summed E-state index contributed by atoms with van der Waals surface area (Å²) in [5, 5.41) is 2.64. The minimum atomic E-state index is -3.93. The smallest absolute Gasteiger partial charge is 0.248 e. The number of hydrogen-bond acceptors (Lipinski definition) is 4. The van der Waals surface area contributed by atoms with Crippen LogP contribution in [0.1, 0.15) is 29.3 Å². The first-order chi connectivity index (χ1) is 13.2. The Morgan fingerprint density at radius 1 is 1.14 bits per heavy atom. The zero-order valence-electron chi connectivity index (χ0n) is 15.3. The molecule has 2 aromatic carbocycles. The van der Waals surface area contributed by atoms with Gasteiger partial charge in [0, 0.05) is 12.1 Å². The molecule has 0 aliphatic rings. The first kappa shape index (κ1) is 21.5. The van der Waals surface area contributed by atoms with Crippen molar-refractivity contribution in [2.24, 2.45) is 5.73 Å². The number of nitrogens with two attached hydrogens (primary N) is 1. The Morgan fingerprint density at radius 2 is 1.82 bits per heavy atom. The minimum Gasteiger partial charge on any atom is -0.366 e. The van der Waals surface area contributed by atoms with Crippen molar-refractivity contribution >= 4 is 21.8 Å². The summed E-state index contributed by atoms with van der Waals surface area (Å²) < 4.78 is 40.1. The van der Waals surface area contributed by atoms with Crippen molar-refractivity contribution in [1.29, 1.82) is 0 Å². The number of halogens is 1. The molecule has 0 saturated carbocycles. The highest BCUT2D eigenvalue weighted by Gasteiger charge is 2.22. The predicted octanol–water partition coefficient (Wildman–Crippen LogP) is 1.34. The zero-order chi connectivity index (χ0) is 20.7. The minimum absolute atomic E-state index is 0.0803. The van der Waals surface area contributed by atoms with E-state index in [-0.39, 0.29) is 16.3 Å². The van der Waals surface area contributed by atoms with E-state index in [1.54, 1.807) is 12.1 Å². The Bertz CT molecular complexity index is 946. The third kappa shape index (κ3) is 6.14. The highest BCUT2D eigenvalue weighted by Crippen LogP contribution is 2.11. The molecule has 0 fully saturated rings. The van der Waals surface area contributed by atoms with Gasteiger partial charge in [-0.2, -0.15) is 4.72 Å². The lowest BCUT2D eigenvalue weighted by molar-refractivity contribution is -0.122. The quantitative estimate of drug-likeness (QED) is 0.544. The lowest BCUT2D eigenvalue weighted by Gasteiger charge is -2.14. The SMILES string of the molecule is C[C@@H](NS(=O)(=O)c1ccc(C(N)=O)cc1)C(=O)NCCCc1cccc(F)c1. The molecule has 150 valence electrons. The monoisotopic (exact) mass is 407 g/mol. The largest absolute Gasteiger partial charge is 0.366 e. The Labute approximate surface area is 163 Å². The van der Waals surface area contributed by atoms with E-state index in [2.05, 4.69) is 10.0 Å². The fraction of sp³-hybridized carbons (Fsp3) is 0.263. The van der Waals surface area contributed by atoms with Gasteiger partial charge in [-0.1, -0.05) is 12.1 Å². The molecule has 2 aromatic rings. The van der Waals surface area contributed by atoms with Crippen LogP contribution in [-0.2, 0) is 21.2 Å². The molecule has 1 atom stereocenters. The third-order valence-corrected chi connectivity index (χ3v) is 5.56. The van der Waals surface area contributed by atoms with E-state index in [4.69, 9.17) is 5.73 Å². The fourth-order valence-electron chi connectivity index (χ4n) is 2.50. The van der Waals surface area contributed by atoms with Gasteiger partial charge in [0.05, 0.1) is 10.9 Å². The van der Waals surface area contributed by atoms with Gasteiger partial charge in [-0.15, -0.1) is 0 Å². The second-order valence-electron chi connectivity index (χ2n) is 6.26. The summed E-state index contributed by atoms with van der Waals surface area (Å²) in [6, 6.07) is 10.3. The van der Waals surface area contributed by atoms with E-state index in [9.17, 15) is 22.4 Å². The summed E-state index contributed by atoms with van der Waals surface area (Å²) in [6.07, 6.45) is 1.17. The molecule has 4 N–H and O–H groups in total. The number of primary amides is 1. The first-order valence-corrected chi connectivity index (χ1v) is 10.1. The molecule has 0 bridgehead atoms. The van der Waals surface area contributed by atoms with E-state index in [1.165, 1.54) is 43.3 Å². The normalized spacial score (nSPS) is 12.4. The molecule has 0 saturated heterocycles. The second kappa shape index (κ2) is 9.43. The highest BCUT2D eigenvalue weighted by atomic mass is 32.2. The first-order valence-electron chi connectivity index (χ1n) is 8.63. The average molecular weight is 407 g/mol. The standard InChI is InChI=1S/C19H22FN3O4S/c1-13(19(25)22-11-3-5-14-4-2-6-16(20)12-14)23-28(26,27)17-9-7-15(8-10-17)18(21)24/h2,4,6-10,12-13,23H,3,5,11H2,1H3,(H2,21,24)(H,22,25)/t13-/m1/s1. The maximum atomic E-state index is 13.1. The van der Waals surface area contributed by atoms with Crippen LogP contribution in [0, 0.1) is 5.82 Å². The van der Waals surface area contributed by atoms with Crippen LogP contribution < -0.4 is 15.8 Å². The molecule has 0 heterocycles. The number of sulfonamides is 1. The zero-order valence-corrected chi connectivity index (χ0v) is 16.1.